The summed E-state index contributed by atoms with van der Waals surface area (Å²) in [6.45, 7) is 3.95. The Balaban J connectivity index is 2.34. The number of amides is 1. The van der Waals surface area contributed by atoms with Crippen LogP contribution in [0.4, 0.5) is 4.39 Å². The number of halogens is 1. The van der Waals surface area contributed by atoms with E-state index in [2.05, 4.69) is 0 Å². The molecular formula is C14H18FNO2. The van der Waals surface area contributed by atoms with Crippen LogP contribution in [0.3, 0.4) is 0 Å². The predicted octanol–water partition coefficient (Wildman–Crippen LogP) is 2.85. The van der Waals surface area contributed by atoms with E-state index in [9.17, 15) is 9.18 Å². The number of ether oxygens (including phenoxy) is 1. The first kappa shape index (κ1) is 12.9. The molecule has 98 valence electrons. The largest absolute Gasteiger partial charge is 0.496 e. The number of carbonyl (C=O) groups is 1. The Hall–Kier alpha value is -1.58. The summed E-state index contributed by atoms with van der Waals surface area (Å²) in [7, 11) is 1.49. The maximum atomic E-state index is 13.3. The molecular weight excluding hydrogens is 233 g/mol. The lowest BCUT2D eigenvalue weighted by Crippen LogP contribution is -2.39. The van der Waals surface area contributed by atoms with Gasteiger partial charge >= 0.3 is 0 Å². The molecule has 0 aromatic heterocycles. The number of nitrogens with zero attached hydrogens (tertiary/aromatic N) is 1. The number of methoxy groups -OCH3 is 1. The van der Waals surface area contributed by atoms with Crippen molar-refractivity contribution in [3.63, 3.8) is 0 Å². The van der Waals surface area contributed by atoms with Gasteiger partial charge in [0.15, 0.2) is 0 Å². The van der Waals surface area contributed by atoms with E-state index >= 15 is 0 Å². The first-order chi connectivity index (χ1) is 8.54. The van der Waals surface area contributed by atoms with Crippen molar-refractivity contribution in [1.82, 2.24) is 4.90 Å². The molecule has 0 spiro atoms. The molecule has 1 aromatic carbocycles. The van der Waals surface area contributed by atoms with Crippen molar-refractivity contribution in [2.75, 3.05) is 7.11 Å². The van der Waals surface area contributed by atoms with Crippen molar-refractivity contribution >= 4 is 5.91 Å². The Labute approximate surface area is 107 Å². The number of benzene rings is 1. The molecule has 0 unspecified atom stereocenters. The van der Waals surface area contributed by atoms with E-state index in [0.717, 1.165) is 12.8 Å². The van der Waals surface area contributed by atoms with Gasteiger partial charge in [-0.25, -0.2) is 4.39 Å². The normalized spacial score (nSPS) is 14.7. The highest BCUT2D eigenvalue weighted by Gasteiger charge is 2.35. The Morgan fingerprint density at radius 1 is 1.44 bits per heavy atom. The summed E-state index contributed by atoms with van der Waals surface area (Å²) >= 11 is 0. The molecule has 1 saturated carbocycles. The Kier molecular flexibility index (Phi) is 3.55. The van der Waals surface area contributed by atoms with Gasteiger partial charge in [-0.3, -0.25) is 4.79 Å². The van der Waals surface area contributed by atoms with Gasteiger partial charge in [-0.2, -0.15) is 0 Å². The smallest absolute Gasteiger partial charge is 0.258 e. The van der Waals surface area contributed by atoms with Gasteiger partial charge in [0, 0.05) is 12.1 Å². The van der Waals surface area contributed by atoms with Crippen molar-refractivity contribution in [2.45, 2.75) is 38.8 Å². The van der Waals surface area contributed by atoms with Gasteiger partial charge in [0.25, 0.3) is 5.91 Å². The van der Waals surface area contributed by atoms with Crippen LogP contribution in [0.2, 0.25) is 0 Å². The van der Waals surface area contributed by atoms with Crippen LogP contribution < -0.4 is 4.74 Å². The number of hydrogen-bond donors (Lipinski definition) is 0. The molecule has 1 aliphatic rings. The Bertz CT molecular complexity index is 453. The zero-order valence-electron chi connectivity index (χ0n) is 10.9. The third-order valence-electron chi connectivity index (χ3n) is 3.12. The molecule has 0 heterocycles. The maximum Gasteiger partial charge on any atom is 0.258 e. The van der Waals surface area contributed by atoms with Crippen molar-refractivity contribution in [3.8, 4) is 5.75 Å². The van der Waals surface area contributed by atoms with E-state index in [4.69, 9.17) is 4.74 Å². The summed E-state index contributed by atoms with van der Waals surface area (Å²) < 4.78 is 18.4. The molecule has 0 radical (unpaired) electrons. The number of hydrogen-bond acceptors (Lipinski definition) is 2. The van der Waals surface area contributed by atoms with Crippen molar-refractivity contribution in [1.29, 1.82) is 0 Å². The molecule has 1 amide bonds. The highest BCUT2D eigenvalue weighted by molar-refractivity contribution is 5.97. The summed E-state index contributed by atoms with van der Waals surface area (Å²) in [5.74, 6) is -0.143. The van der Waals surface area contributed by atoms with Crippen LogP contribution in [0.5, 0.6) is 5.75 Å². The molecule has 1 aromatic rings. The minimum atomic E-state index is -0.418. The molecule has 0 N–H and O–H groups in total. The quantitative estimate of drug-likeness (QED) is 0.823. The molecule has 0 bridgehead atoms. The van der Waals surface area contributed by atoms with Gasteiger partial charge in [0.05, 0.1) is 12.7 Å². The Morgan fingerprint density at radius 2 is 2.11 bits per heavy atom. The first-order valence-electron chi connectivity index (χ1n) is 6.20. The van der Waals surface area contributed by atoms with Crippen LogP contribution in [0, 0.1) is 5.82 Å². The van der Waals surface area contributed by atoms with Gasteiger partial charge in [-0.15, -0.1) is 0 Å². The predicted molar refractivity (Wildman–Crippen MR) is 67.3 cm³/mol. The van der Waals surface area contributed by atoms with E-state index in [0.29, 0.717) is 17.4 Å². The minimum absolute atomic E-state index is 0.109. The standard InChI is InChI=1S/C14H18FNO2/c1-9(2)16(11-5-6-11)14(17)12-8-10(15)4-7-13(12)18-3/h4,7-9,11H,5-6H2,1-3H3. The summed E-state index contributed by atoms with van der Waals surface area (Å²) in [6.07, 6.45) is 2.06. The highest BCUT2D eigenvalue weighted by Crippen LogP contribution is 2.32. The molecule has 0 saturated heterocycles. The van der Waals surface area contributed by atoms with Crippen LogP contribution in [-0.4, -0.2) is 30.0 Å². The lowest BCUT2D eigenvalue weighted by molar-refractivity contribution is 0.0686. The molecule has 4 heteroatoms. The van der Waals surface area contributed by atoms with Crippen LogP contribution in [0.25, 0.3) is 0 Å². The summed E-state index contributed by atoms with van der Waals surface area (Å²) in [5.41, 5.74) is 0.304. The van der Waals surface area contributed by atoms with Crippen molar-refractivity contribution in [3.05, 3.63) is 29.6 Å². The van der Waals surface area contributed by atoms with E-state index in [1.807, 2.05) is 18.7 Å². The average Bonchev–Trinajstić information content (AvgIpc) is 3.13. The topological polar surface area (TPSA) is 29.5 Å². The van der Waals surface area contributed by atoms with Crippen LogP contribution in [0.1, 0.15) is 37.0 Å². The third kappa shape index (κ3) is 2.47. The summed E-state index contributed by atoms with van der Waals surface area (Å²) in [6, 6.07) is 4.45. The summed E-state index contributed by atoms with van der Waals surface area (Å²) in [4.78, 5) is 14.3. The maximum absolute atomic E-state index is 13.3. The van der Waals surface area contributed by atoms with E-state index in [-0.39, 0.29) is 11.9 Å². The first-order valence-corrected chi connectivity index (χ1v) is 6.20. The number of carbonyl (C=O) groups excluding carboxylic acids is 1. The molecule has 3 nitrogen and oxygen atoms in total. The number of rotatable bonds is 4. The van der Waals surface area contributed by atoms with Crippen molar-refractivity contribution in [2.24, 2.45) is 0 Å². The zero-order chi connectivity index (χ0) is 13.3. The zero-order valence-corrected chi connectivity index (χ0v) is 10.9. The second-order valence-corrected chi connectivity index (χ2v) is 4.88. The van der Waals surface area contributed by atoms with E-state index < -0.39 is 5.82 Å². The third-order valence-corrected chi connectivity index (χ3v) is 3.12. The molecule has 2 rings (SSSR count). The second kappa shape index (κ2) is 4.96. The second-order valence-electron chi connectivity index (χ2n) is 4.88. The molecule has 1 fully saturated rings. The molecule has 0 aliphatic heterocycles. The fourth-order valence-electron chi connectivity index (χ4n) is 2.16. The molecule has 18 heavy (non-hydrogen) atoms. The van der Waals surface area contributed by atoms with Gasteiger partial charge in [0.2, 0.25) is 0 Å². The van der Waals surface area contributed by atoms with E-state index in [1.165, 1.54) is 25.3 Å². The monoisotopic (exact) mass is 251 g/mol. The molecule has 1 aliphatic carbocycles. The summed E-state index contributed by atoms with van der Waals surface area (Å²) in [5, 5.41) is 0. The van der Waals surface area contributed by atoms with Crippen molar-refractivity contribution < 1.29 is 13.9 Å². The van der Waals surface area contributed by atoms with Crippen LogP contribution in [-0.2, 0) is 0 Å². The average molecular weight is 251 g/mol. The fourth-order valence-corrected chi connectivity index (χ4v) is 2.16. The van der Waals surface area contributed by atoms with Gasteiger partial charge in [-0.05, 0) is 44.9 Å². The van der Waals surface area contributed by atoms with Gasteiger partial charge in [0.1, 0.15) is 11.6 Å². The Morgan fingerprint density at radius 3 is 2.61 bits per heavy atom. The SMILES string of the molecule is COc1ccc(F)cc1C(=O)N(C(C)C)C1CC1. The molecule has 0 atom stereocenters. The lowest BCUT2D eigenvalue weighted by atomic mass is 10.1. The van der Waals surface area contributed by atoms with Crippen LogP contribution >= 0.6 is 0 Å². The van der Waals surface area contributed by atoms with E-state index in [1.54, 1.807) is 0 Å². The minimum Gasteiger partial charge on any atom is -0.496 e. The van der Waals surface area contributed by atoms with Gasteiger partial charge < -0.3 is 9.64 Å². The van der Waals surface area contributed by atoms with Gasteiger partial charge in [-0.1, -0.05) is 0 Å². The van der Waals surface area contributed by atoms with Crippen LogP contribution in [0.15, 0.2) is 18.2 Å². The lowest BCUT2D eigenvalue weighted by Gasteiger charge is -2.27. The fraction of sp³-hybridized carbons (Fsp3) is 0.500. The highest BCUT2D eigenvalue weighted by atomic mass is 19.1.